The van der Waals surface area contributed by atoms with Crippen LogP contribution in [0.5, 0.6) is 0 Å². The summed E-state index contributed by atoms with van der Waals surface area (Å²) < 4.78 is 4.10. The van der Waals surface area contributed by atoms with Crippen molar-refractivity contribution in [3.63, 3.8) is 0 Å². The number of hydrogen-bond acceptors (Lipinski definition) is 3. The van der Waals surface area contributed by atoms with Crippen LogP contribution in [0.3, 0.4) is 0 Å². The Morgan fingerprint density at radius 3 is 2.64 bits per heavy atom. The van der Waals surface area contributed by atoms with Crippen LogP contribution < -0.4 is 5.73 Å². The van der Waals surface area contributed by atoms with Gasteiger partial charge in [-0.2, -0.15) is 4.37 Å². The Morgan fingerprint density at radius 1 is 1.64 bits per heavy atom. The van der Waals surface area contributed by atoms with Crippen molar-refractivity contribution in [1.29, 1.82) is 0 Å². The summed E-state index contributed by atoms with van der Waals surface area (Å²) in [4.78, 5) is 11.7. The number of hydrogen-bond donors (Lipinski definition) is 1. The highest BCUT2D eigenvalue weighted by atomic mass is 32.1. The zero-order chi connectivity index (χ0) is 8.43. The minimum absolute atomic E-state index is 0.295. The normalized spacial score (nSPS) is 10.0. The molecule has 1 aromatic heterocycles. The summed E-state index contributed by atoms with van der Waals surface area (Å²) in [5.41, 5.74) is 6.97. The smallest absolute Gasteiger partial charge is 0.221 e. The lowest BCUT2D eigenvalue weighted by atomic mass is 10.1. The van der Waals surface area contributed by atoms with Crippen LogP contribution in [0.15, 0.2) is 0 Å². The summed E-state index contributed by atoms with van der Waals surface area (Å²) in [5, 5.41) is 0. The molecule has 4 heteroatoms. The largest absolute Gasteiger partial charge is 0.369 e. The Kier molecular flexibility index (Phi) is 2.24. The van der Waals surface area contributed by atoms with Crippen molar-refractivity contribution in [1.82, 2.24) is 4.37 Å². The predicted octanol–water partition coefficient (Wildman–Crippen LogP) is 0.788. The van der Waals surface area contributed by atoms with Gasteiger partial charge in [0.1, 0.15) is 0 Å². The van der Waals surface area contributed by atoms with E-state index in [4.69, 9.17) is 5.73 Å². The minimum Gasteiger partial charge on any atom is -0.369 e. The number of aromatic nitrogens is 1. The number of nitrogens with two attached hydrogens (primary N) is 1. The van der Waals surface area contributed by atoms with Crippen molar-refractivity contribution < 1.29 is 4.79 Å². The van der Waals surface area contributed by atoms with E-state index in [1.807, 2.05) is 13.8 Å². The van der Waals surface area contributed by atoms with Crippen LogP contribution in [0.4, 0.5) is 0 Å². The number of rotatable bonds is 2. The quantitative estimate of drug-likeness (QED) is 0.713. The van der Waals surface area contributed by atoms with Gasteiger partial charge in [-0.3, -0.25) is 4.79 Å². The maximum Gasteiger partial charge on any atom is 0.221 e. The minimum atomic E-state index is -0.295. The van der Waals surface area contributed by atoms with Crippen molar-refractivity contribution >= 4 is 17.4 Å². The van der Waals surface area contributed by atoms with Gasteiger partial charge >= 0.3 is 0 Å². The van der Waals surface area contributed by atoms with E-state index in [-0.39, 0.29) is 5.91 Å². The van der Waals surface area contributed by atoms with Gasteiger partial charge in [-0.15, -0.1) is 0 Å². The van der Waals surface area contributed by atoms with Crippen molar-refractivity contribution in [2.75, 3.05) is 0 Å². The number of primary amides is 1. The van der Waals surface area contributed by atoms with Crippen molar-refractivity contribution in [3.8, 4) is 0 Å². The van der Waals surface area contributed by atoms with Crippen LogP contribution in [-0.4, -0.2) is 10.3 Å². The van der Waals surface area contributed by atoms with Gasteiger partial charge in [-0.1, -0.05) is 0 Å². The Bertz CT molecular complexity index is 260. The maximum absolute atomic E-state index is 10.6. The van der Waals surface area contributed by atoms with Gasteiger partial charge < -0.3 is 5.73 Å². The van der Waals surface area contributed by atoms with E-state index in [0.717, 1.165) is 16.1 Å². The van der Waals surface area contributed by atoms with Crippen molar-refractivity contribution in [2.45, 2.75) is 20.3 Å². The molecule has 0 bridgehead atoms. The summed E-state index contributed by atoms with van der Waals surface area (Å²) >= 11 is 1.42. The Labute approximate surface area is 69.4 Å². The van der Waals surface area contributed by atoms with Gasteiger partial charge in [-0.05, 0) is 30.9 Å². The van der Waals surface area contributed by atoms with E-state index in [1.165, 1.54) is 11.5 Å². The Balaban J connectivity index is 2.92. The molecule has 0 saturated carbocycles. The highest BCUT2D eigenvalue weighted by molar-refractivity contribution is 7.05. The number of aryl methyl sites for hydroxylation is 2. The lowest BCUT2D eigenvalue weighted by molar-refractivity contribution is -0.117. The zero-order valence-corrected chi connectivity index (χ0v) is 7.36. The van der Waals surface area contributed by atoms with Gasteiger partial charge in [0.25, 0.3) is 0 Å². The van der Waals surface area contributed by atoms with Crippen molar-refractivity contribution in [3.05, 3.63) is 16.1 Å². The Morgan fingerprint density at radius 2 is 2.27 bits per heavy atom. The third kappa shape index (κ3) is 1.77. The second kappa shape index (κ2) is 3.00. The number of carbonyl (C=O) groups excluding carboxylic acids is 1. The molecule has 0 atom stereocenters. The number of amides is 1. The van der Waals surface area contributed by atoms with Crippen LogP contribution in [0, 0.1) is 13.8 Å². The molecule has 3 nitrogen and oxygen atoms in total. The van der Waals surface area contributed by atoms with Crippen LogP contribution in [-0.2, 0) is 11.2 Å². The maximum atomic E-state index is 10.6. The molecule has 0 spiro atoms. The second-order valence-electron chi connectivity index (χ2n) is 2.45. The SMILES string of the molecule is Cc1nsc(C)c1CC(N)=O. The molecule has 0 saturated heterocycles. The zero-order valence-electron chi connectivity index (χ0n) is 6.55. The molecule has 0 fully saturated rings. The van der Waals surface area contributed by atoms with E-state index in [1.54, 1.807) is 0 Å². The lowest BCUT2D eigenvalue weighted by Gasteiger charge is -1.94. The van der Waals surface area contributed by atoms with E-state index < -0.39 is 0 Å². The first-order valence-corrected chi connectivity index (χ1v) is 4.08. The molecule has 11 heavy (non-hydrogen) atoms. The van der Waals surface area contributed by atoms with E-state index in [0.29, 0.717) is 6.42 Å². The summed E-state index contributed by atoms with van der Waals surface area (Å²) in [5.74, 6) is -0.295. The highest BCUT2D eigenvalue weighted by Gasteiger charge is 2.08. The summed E-state index contributed by atoms with van der Waals surface area (Å²) in [6.07, 6.45) is 0.314. The first kappa shape index (κ1) is 8.20. The number of nitrogens with zero attached hydrogens (tertiary/aromatic N) is 1. The van der Waals surface area contributed by atoms with Gasteiger partial charge in [0.2, 0.25) is 5.91 Å². The van der Waals surface area contributed by atoms with E-state index in [2.05, 4.69) is 4.37 Å². The van der Waals surface area contributed by atoms with Gasteiger partial charge in [0.05, 0.1) is 12.1 Å². The fourth-order valence-electron chi connectivity index (χ4n) is 0.928. The predicted molar refractivity (Wildman–Crippen MR) is 44.5 cm³/mol. The van der Waals surface area contributed by atoms with Gasteiger partial charge in [-0.25, -0.2) is 0 Å². The average Bonchev–Trinajstić information content (AvgIpc) is 2.18. The molecular formula is C7H10N2OS. The fraction of sp³-hybridized carbons (Fsp3) is 0.429. The molecule has 0 radical (unpaired) electrons. The second-order valence-corrected chi connectivity index (χ2v) is 3.42. The monoisotopic (exact) mass is 170 g/mol. The summed E-state index contributed by atoms with van der Waals surface area (Å²) in [6, 6.07) is 0. The molecule has 1 aromatic rings. The molecule has 0 aliphatic heterocycles. The van der Waals surface area contributed by atoms with Crippen LogP contribution in [0.25, 0.3) is 0 Å². The summed E-state index contributed by atoms with van der Waals surface area (Å²) in [6.45, 7) is 3.84. The first-order chi connectivity index (χ1) is 5.11. The molecule has 60 valence electrons. The van der Waals surface area contributed by atoms with E-state index >= 15 is 0 Å². The summed E-state index contributed by atoms with van der Waals surface area (Å²) in [7, 11) is 0. The van der Waals surface area contributed by atoms with Gasteiger partial charge in [0, 0.05) is 4.88 Å². The topological polar surface area (TPSA) is 56.0 Å². The van der Waals surface area contributed by atoms with Crippen LogP contribution in [0.2, 0.25) is 0 Å². The third-order valence-electron chi connectivity index (χ3n) is 1.53. The molecule has 0 aliphatic carbocycles. The molecule has 2 N–H and O–H groups in total. The molecule has 1 rings (SSSR count). The molecule has 1 heterocycles. The molecule has 0 aromatic carbocycles. The Hall–Kier alpha value is -0.900. The molecular weight excluding hydrogens is 160 g/mol. The van der Waals surface area contributed by atoms with Crippen molar-refractivity contribution in [2.24, 2.45) is 5.73 Å². The molecule has 0 unspecified atom stereocenters. The van der Waals surface area contributed by atoms with Crippen LogP contribution >= 0.6 is 11.5 Å². The molecule has 0 aliphatic rings. The first-order valence-electron chi connectivity index (χ1n) is 3.31. The average molecular weight is 170 g/mol. The molecule has 1 amide bonds. The number of carbonyl (C=O) groups is 1. The van der Waals surface area contributed by atoms with Crippen LogP contribution in [0.1, 0.15) is 16.1 Å². The van der Waals surface area contributed by atoms with Gasteiger partial charge in [0.15, 0.2) is 0 Å². The lowest BCUT2D eigenvalue weighted by Crippen LogP contribution is -2.14. The highest BCUT2D eigenvalue weighted by Crippen LogP contribution is 2.16. The fourth-order valence-corrected chi connectivity index (χ4v) is 1.64. The standard InChI is InChI=1S/C7H10N2OS/c1-4-6(3-7(8)10)5(2)11-9-4/h3H2,1-2H3,(H2,8,10). The van der Waals surface area contributed by atoms with E-state index in [9.17, 15) is 4.79 Å². The third-order valence-corrected chi connectivity index (χ3v) is 2.42.